The van der Waals surface area contributed by atoms with Gasteiger partial charge in [0.15, 0.2) is 5.78 Å². The summed E-state index contributed by atoms with van der Waals surface area (Å²) in [5, 5.41) is 13.7. The third-order valence-corrected chi connectivity index (χ3v) is 4.53. The topological polar surface area (TPSA) is 116 Å². The standard InChI is InChI=1S/C25H28N2O6/c1-16(2)21(24(30)33-25(3,4)5)26-23(29)20(22(28)18-11-7-6-8-12-18)15-17-10-9-13-19(14-17)27(31)32/h6-16,21H,1-5H3,(H,26,29)/t21-/m0/s1. The molecule has 2 aromatic rings. The van der Waals surface area contributed by atoms with Crippen LogP contribution in [-0.2, 0) is 14.3 Å². The lowest BCUT2D eigenvalue weighted by atomic mass is 9.98. The molecule has 1 atom stereocenters. The minimum absolute atomic E-state index is 0.176. The van der Waals surface area contributed by atoms with Crippen molar-refractivity contribution >= 4 is 29.4 Å². The SMILES string of the molecule is CC(C)[C@H](NC(=O)C(=Cc1cccc([N+](=O)[O-])c1)C(=O)c1ccccc1)C(=O)OC(C)(C)C. The first-order valence-corrected chi connectivity index (χ1v) is 10.5. The van der Waals surface area contributed by atoms with Crippen molar-refractivity contribution in [2.45, 2.75) is 46.3 Å². The zero-order valence-corrected chi connectivity index (χ0v) is 19.3. The highest BCUT2D eigenvalue weighted by molar-refractivity contribution is 6.28. The average Bonchev–Trinajstić information content (AvgIpc) is 2.74. The van der Waals surface area contributed by atoms with Gasteiger partial charge in [-0.25, -0.2) is 4.79 Å². The molecule has 2 aromatic carbocycles. The molecule has 33 heavy (non-hydrogen) atoms. The van der Waals surface area contributed by atoms with E-state index in [1.807, 2.05) is 0 Å². The molecule has 0 aromatic heterocycles. The second-order valence-corrected chi connectivity index (χ2v) is 8.83. The van der Waals surface area contributed by atoms with Gasteiger partial charge in [0.2, 0.25) is 0 Å². The maximum Gasteiger partial charge on any atom is 0.329 e. The van der Waals surface area contributed by atoms with Crippen molar-refractivity contribution in [1.82, 2.24) is 5.32 Å². The third kappa shape index (κ3) is 7.38. The van der Waals surface area contributed by atoms with E-state index in [0.29, 0.717) is 5.56 Å². The molecule has 1 N–H and O–H groups in total. The fourth-order valence-corrected chi connectivity index (χ4v) is 2.96. The number of ether oxygens (including phenoxy) is 1. The van der Waals surface area contributed by atoms with Crippen molar-refractivity contribution in [2.75, 3.05) is 0 Å². The highest BCUT2D eigenvalue weighted by Crippen LogP contribution is 2.19. The van der Waals surface area contributed by atoms with Gasteiger partial charge in [0.05, 0.1) is 10.5 Å². The molecule has 2 rings (SSSR count). The fraction of sp³-hybridized carbons (Fsp3) is 0.320. The smallest absolute Gasteiger partial charge is 0.329 e. The molecule has 0 bridgehead atoms. The van der Waals surface area contributed by atoms with Crippen molar-refractivity contribution in [3.8, 4) is 0 Å². The number of carbonyl (C=O) groups is 3. The van der Waals surface area contributed by atoms with Gasteiger partial charge in [-0.3, -0.25) is 19.7 Å². The molecule has 174 valence electrons. The molecular weight excluding hydrogens is 424 g/mol. The number of ketones is 1. The summed E-state index contributed by atoms with van der Waals surface area (Å²) in [6, 6.07) is 12.8. The Balaban J connectivity index is 2.47. The zero-order chi connectivity index (χ0) is 24.8. The van der Waals surface area contributed by atoms with Crippen LogP contribution in [0.3, 0.4) is 0 Å². The van der Waals surface area contributed by atoms with E-state index in [9.17, 15) is 24.5 Å². The van der Waals surface area contributed by atoms with E-state index < -0.39 is 34.2 Å². The first kappa shape index (κ1) is 25.5. The molecule has 0 saturated heterocycles. The largest absolute Gasteiger partial charge is 0.458 e. The fourth-order valence-electron chi connectivity index (χ4n) is 2.96. The average molecular weight is 453 g/mol. The second-order valence-electron chi connectivity index (χ2n) is 8.83. The van der Waals surface area contributed by atoms with Gasteiger partial charge >= 0.3 is 5.97 Å². The lowest BCUT2D eigenvalue weighted by Gasteiger charge is -2.26. The molecular formula is C25H28N2O6. The van der Waals surface area contributed by atoms with Crippen LogP contribution in [0.1, 0.15) is 50.5 Å². The quantitative estimate of drug-likeness (QED) is 0.121. The number of nitro benzene ring substituents is 1. The van der Waals surface area contributed by atoms with Gasteiger partial charge in [0.1, 0.15) is 11.6 Å². The molecule has 0 aliphatic rings. The summed E-state index contributed by atoms with van der Waals surface area (Å²) >= 11 is 0. The maximum absolute atomic E-state index is 13.2. The number of Topliss-reactive ketones (excluding diaryl/α,β-unsaturated/α-hetero) is 1. The number of non-ortho nitro benzene ring substituents is 1. The van der Waals surface area contributed by atoms with Crippen LogP contribution >= 0.6 is 0 Å². The van der Waals surface area contributed by atoms with Crippen molar-refractivity contribution < 1.29 is 24.0 Å². The van der Waals surface area contributed by atoms with Gasteiger partial charge in [-0.1, -0.05) is 56.3 Å². The van der Waals surface area contributed by atoms with Gasteiger partial charge in [-0.2, -0.15) is 0 Å². The molecule has 0 aliphatic carbocycles. The van der Waals surface area contributed by atoms with Crippen LogP contribution in [0.15, 0.2) is 60.2 Å². The lowest BCUT2D eigenvalue weighted by Crippen LogP contribution is -2.48. The van der Waals surface area contributed by atoms with Crippen molar-refractivity contribution in [1.29, 1.82) is 0 Å². The summed E-state index contributed by atoms with van der Waals surface area (Å²) in [5.74, 6) is -2.28. The van der Waals surface area contributed by atoms with Gasteiger partial charge in [0, 0.05) is 17.7 Å². The number of hydrogen-bond donors (Lipinski definition) is 1. The van der Waals surface area contributed by atoms with Crippen LogP contribution in [0.4, 0.5) is 5.69 Å². The molecule has 1 amide bonds. The predicted molar refractivity (Wildman–Crippen MR) is 124 cm³/mol. The Bertz CT molecular complexity index is 1070. The van der Waals surface area contributed by atoms with Crippen LogP contribution in [0.2, 0.25) is 0 Å². The van der Waals surface area contributed by atoms with Gasteiger partial charge < -0.3 is 10.1 Å². The van der Waals surface area contributed by atoms with Crippen LogP contribution in [0, 0.1) is 16.0 Å². The number of nitro groups is 1. The number of nitrogens with zero attached hydrogens (tertiary/aromatic N) is 1. The highest BCUT2D eigenvalue weighted by atomic mass is 16.6. The third-order valence-electron chi connectivity index (χ3n) is 4.53. The van der Waals surface area contributed by atoms with Gasteiger partial charge in [-0.05, 0) is 38.3 Å². The summed E-state index contributed by atoms with van der Waals surface area (Å²) in [4.78, 5) is 49.6. The van der Waals surface area contributed by atoms with Crippen molar-refractivity contribution in [2.24, 2.45) is 5.92 Å². The Hall–Kier alpha value is -3.81. The van der Waals surface area contributed by atoms with Crippen LogP contribution in [-0.4, -0.2) is 34.2 Å². The van der Waals surface area contributed by atoms with Crippen molar-refractivity contribution in [3.63, 3.8) is 0 Å². The Morgan fingerprint density at radius 2 is 1.67 bits per heavy atom. The highest BCUT2D eigenvalue weighted by Gasteiger charge is 2.31. The minimum atomic E-state index is -0.992. The number of amides is 1. The monoisotopic (exact) mass is 452 g/mol. The van der Waals surface area contributed by atoms with E-state index in [4.69, 9.17) is 4.74 Å². The first-order valence-electron chi connectivity index (χ1n) is 10.5. The minimum Gasteiger partial charge on any atom is -0.458 e. The van der Waals surface area contributed by atoms with E-state index in [1.54, 1.807) is 71.0 Å². The summed E-state index contributed by atoms with van der Waals surface area (Å²) < 4.78 is 5.41. The van der Waals surface area contributed by atoms with Crippen LogP contribution in [0.25, 0.3) is 6.08 Å². The van der Waals surface area contributed by atoms with E-state index in [1.165, 1.54) is 24.3 Å². The number of hydrogen-bond acceptors (Lipinski definition) is 6. The van der Waals surface area contributed by atoms with E-state index in [-0.39, 0.29) is 22.7 Å². The normalized spacial score (nSPS) is 12.7. The molecule has 0 saturated carbocycles. The van der Waals surface area contributed by atoms with Gasteiger partial charge in [0.25, 0.3) is 11.6 Å². The summed E-state index contributed by atoms with van der Waals surface area (Å²) in [6.45, 7) is 8.65. The van der Waals surface area contributed by atoms with Crippen LogP contribution < -0.4 is 5.32 Å². The number of rotatable bonds is 8. The molecule has 0 heterocycles. The van der Waals surface area contributed by atoms with E-state index in [0.717, 1.165) is 0 Å². The number of nitrogens with one attached hydrogen (secondary N) is 1. The lowest BCUT2D eigenvalue weighted by molar-refractivity contribution is -0.384. The Kier molecular flexibility index (Phi) is 8.23. The number of carbonyl (C=O) groups excluding carboxylic acids is 3. The molecule has 8 heteroatoms. The molecule has 0 radical (unpaired) electrons. The first-order chi connectivity index (χ1) is 15.4. The number of benzene rings is 2. The zero-order valence-electron chi connectivity index (χ0n) is 19.3. The van der Waals surface area contributed by atoms with Crippen LogP contribution in [0.5, 0.6) is 0 Å². The Morgan fingerprint density at radius 1 is 1.03 bits per heavy atom. The second kappa shape index (κ2) is 10.7. The van der Waals surface area contributed by atoms with E-state index in [2.05, 4.69) is 5.32 Å². The molecule has 8 nitrogen and oxygen atoms in total. The van der Waals surface area contributed by atoms with E-state index >= 15 is 0 Å². The Morgan fingerprint density at radius 3 is 2.21 bits per heavy atom. The molecule has 0 unspecified atom stereocenters. The van der Waals surface area contributed by atoms with Gasteiger partial charge in [-0.15, -0.1) is 0 Å². The maximum atomic E-state index is 13.2. The molecule has 0 fully saturated rings. The summed E-state index contributed by atoms with van der Waals surface area (Å²) in [7, 11) is 0. The summed E-state index contributed by atoms with van der Waals surface area (Å²) in [5.41, 5.74) is -0.615. The number of esters is 1. The molecule has 0 aliphatic heterocycles. The molecule has 0 spiro atoms. The Labute approximate surface area is 192 Å². The predicted octanol–water partition coefficient (Wildman–Crippen LogP) is 4.34. The van der Waals surface area contributed by atoms with Crippen molar-refractivity contribution in [3.05, 3.63) is 81.4 Å². The summed E-state index contributed by atoms with van der Waals surface area (Å²) in [6.07, 6.45) is 1.28.